The summed E-state index contributed by atoms with van der Waals surface area (Å²) < 4.78 is 0. The highest BCUT2D eigenvalue weighted by molar-refractivity contribution is 5.73. The lowest BCUT2D eigenvalue weighted by Gasteiger charge is -2.17. The molecule has 0 heterocycles. The SMILES string of the molecule is CC(C)=CCCC1C=C(C=O)CCC1. The van der Waals surface area contributed by atoms with Crippen LogP contribution in [0.2, 0.25) is 0 Å². The first kappa shape index (κ1) is 11.2. The molecule has 1 aliphatic rings. The van der Waals surface area contributed by atoms with Crippen LogP contribution < -0.4 is 0 Å². The zero-order chi connectivity index (χ0) is 10.4. The second kappa shape index (κ2) is 5.79. The highest BCUT2D eigenvalue weighted by atomic mass is 16.1. The molecule has 0 spiro atoms. The third-order valence-corrected chi connectivity index (χ3v) is 2.73. The van der Waals surface area contributed by atoms with Gasteiger partial charge in [0.1, 0.15) is 6.29 Å². The molecule has 1 nitrogen and oxygen atoms in total. The van der Waals surface area contributed by atoms with Crippen molar-refractivity contribution in [3.05, 3.63) is 23.3 Å². The highest BCUT2D eigenvalue weighted by Crippen LogP contribution is 2.25. The first-order chi connectivity index (χ1) is 6.72. The average Bonchev–Trinajstić information content (AvgIpc) is 2.18. The summed E-state index contributed by atoms with van der Waals surface area (Å²) in [6, 6.07) is 0. The summed E-state index contributed by atoms with van der Waals surface area (Å²) >= 11 is 0. The van der Waals surface area contributed by atoms with Gasteiger partial charge in [0.2, 0.25) is 0 Å². The summed E-state index contributed by atoms with van der Waals surface area (Å²) in [5, 5.41) is 0. The predicted octanol–water partition coefficient (Wildman–Crippen LogP) is 3.66. The van der Waals surface area contributed by atoms with Gasteiger partial charge in [0.25, 0.3) is 0 Å². The number of hydrogen-bond donors (Lipinski definition) is 0. The molecular weight excluding hydrogens is 172 g/mol. The topological polar surface area (TPSA) is 17.1 Å². The summed E-state index contributed by atoms with van der Waals surface area (Å²) in [6.07, 6.45) is 11.3. The number of carbonyl (C=O) groups is 1. The van der Waals surface area contributed by atoms with E-state index in [2.05, 4.69) is 26.0 Å². The van der Waals surface area contributed by atoms with E-state index in [0.717, 1.165) is 24.7 Å². The van der Waals surface area contributed by atoms with Crippen molar-refractivity contribution in [2.45, 2.75) is 46.0 Å². The van der Waals surface area contributed by atoms with Crippen LogP contribution in [0.1, 0.15) is 46.0 Å². The van der Waals surface area contributed by atoms with Crippen LogP contribution in [-0.4, -0.2) is 6.29 Å². The molecule has 0 aromatic rings. The van der Waals surface area contributed by atoms with Gasteiger partial charge in [-0.25, -0.2) is 0 Å². The van der Waals surface area contributed by atoms with Gasteiger partial charge in [0.05, 0.1) is 0 Å². The molecule has 0 aromatic heterocycles. The van der Waals surface area contributed by atoms with Crippen LogP contribution in [0.15, 0.2) is 23.3 Å². The molecule has 1 atom stereocenters. The minimum Gasteiger partial charge on any atom is -0.298 e. The van der Waals surface area contributed by atoms with Gasteiger partial charge in [0, 0.05) is 0 Å². The van der Waals surface area contributed by atoms with Gasteiger partial charge in [0.15, 0.2) is 0 Å². The van der Waals surface area contributed by atoms with Crippen LogP contribution in [0, 0.1) is 5.92 Å². The van der Waals surface area contributed by atoms with Crippen LogP contribution >= 0.6 is 0 Å². The van der Waals surface area contributed by atoms with Gasteiger partial charge in [-0.3, -0.25) is 4.79 Å². The van der Waals surface area contributed by atoms with Crippen molar-refractivity contribution in [1.29, 1.82) is 0 Å². The van der Waals surface area contributed by atoms with Crippen molar-refractivity contribution in [3.8, 4) is 0 Å². The molecule has 14 heavy (non-hydrogen) atoms. The predicted molar refractivity (Wildman–Crippen MR) is 60.2 cm³/mol. The van der Waals surface area contributed by atoms with E-state index < -0.39 is 0 Å². The Balaban J connectivity index is 2.37. The Morgan fingerprint density at radius 2 is 2.36 bits per heavy atom. The second-order valence-corrected chi connectivity index (χ2v) is 4.37. The summed E-state index contributed by atoms with van der Waals surface area (Å²) in [5.41, 5.74) is 2.40. The van der Waals surface area contributed by atoms with Gasteiger partial charge in [-0.05, 0) is 57.4 Å². The first-order valence-electron chi connectivity index (χ1n) is 5.51. The molecule has 78 valence electrons. The fourth-order valence-electron chi connectivity index (χ4n) is 1.95. The summed E-state index contributed by atoms with van der Waals surface area (Å²) in [4.78, 5) is 10.6. The van der Waals surface area contributed by atoms with Crippen LogP contribution in [0.5, 0.6) is 0 Å². The minimum absolute atomic E-state index is 0.638. The van der Waals surface area contributed by atoms with Crippen LogP contribution in [0.4, 0.5) is 0 Å². The molecule has 1 aliphatic carbocycles. The fraction of sp³-hybridized carbons (Fsp3) is 0.615. The van der Waals surface area contributed by atoms with Crippen molar-refractivity contribution >= 4 is 6.29 Å². The molecule has 0 amide bonds. The van der Waals surface area contributed by atoms with Crippen molar-refractivity contribution in [1.82, 2.24) is 0 Å². The quantitative estimate of drug-likeness (QED) is 0.491. The van der Waals surface area contributed by atoms with Gasteiger partial charge in [-0.2, -0.15) is 0 Å². The number of carbonyl (C=O) groups excluding carboxylic acids is 1. The lowest BCUT2D eigenvalue weighted by molar-refractivity contribution is -0.105. The average molecular weight is 192 g/mol. The van der Waals surface area contributed by atoms with Crippen LogP contribution in [-0.2, 0) is 4.79 Å². The minimum atomic E-state index is 0.638. The van der Waals surface area contributed by atoms with E-state index in [0.29, 0.717) is 5.92 Å². The second-order valence-electron chi connectivity index (χ2n) is 4.37. The van der Waals surface area contributed by atoms with Crippen molar-refractivity contribution in [2.24, 2.45) is 5.92 Å². The van der Waals surface area contributed by atoms with Crippen molar-refractivity contribution in [2.75, 3.05) is 0 Å². The Kier molecular flexibility index (Phi) is 4.64. The first-order valence-corrected chi connectivity index (χ1v) is 5.51. The Bertz CT molecular complexity index is 244. The molecule has 0 saturated heterocycles. The maximum absolute atomic E-state index is 10.6. The van der Waals surface area contributed by atoms with Gasteiger partial charge < -0.3 is 0 Å². The van der Waals surface area contributed by atoms with E-state index in [1.165, 1.54) is 24.8 Å². The van der Waals surface area contributed by atoms with Crippen LogP contribution in [0.3, 0.4) is 0 Å². The monoisotopic (exact) mass is 192 g/mol. The number of aldehydes is 1. The standard InChI is InChI=1S/C13H20O/c1-11(2)5-3-6-12-7-4-8-13(9-12)10-14/h5,9-10,12H,3-4,6-8H2,1-2H3. The number of rotatable bonds is 4. The van der Waals surface area contributed by atoms with Crippen molar-refractivity contribution < 1.29 is 4.79 Å². The molecule has 0 N–H and O–H groups in total. The smallest absolute Gasteiger partial charge is 0.145 e. The zero-order valence-electron chi connectivity index (χ0n) is 9.25. The Labute approximate surface area is 86.9 Å². The third-order valence-electron chi connectivity index (χ3n) is 2.73. The molecule has 0 bridgehead atoms. The Morgan fingerprint density at radius 1 is 1.57 bits per heavy atom. The van der Waals surface area contributed by atoms with E-state index in [-0.39, 0.29) is 0 Å². The normalized spacial score (nSPS) is 21.3. The summed E-state index contributed by atoms with van der Waals surface area (Å²) in [6.45, 7) is 4.26. The van der Waals surface area contributed by atoms with Gasteiger partial charge in [-0.15, -0.1) is 0 Å². The molecule has 1 heteroatoms. The number of allylic oxidation sites excluding steroid dienone is 4. The molecule has 0 aromatic carbocycles. The molecule has 0 saturated carbocycles. The fourth-order valence-corrected chi connectivity index (χ4v) is 1.95. The van der Waals surface area contributed by atoms with Crippen molar-refractivity contribution in [3.63, 3.8) is 0 Å². The van der Waals surface area contributed by atoms with E-state index in [1.54, 1.807) is 0 Å². The Morgan fingerprint density at radius 3 is 3.00 bits per heavy atom. The van der Waals surface area contributed by atoms with E-state index in [1.807, 2.05) is 0 Å². The van der Waals surface area contributed by atoms with Gasteiger partial charge in [-0.1, -0.05) is 17.7 Å². The Hall–Kier alpha value is -0.850. The lowest BCUT2D eigenvalue weighted by Crippen LogP contribution is -2.05. The van der Waals surface area contributed by atoms with Gasteiger partial charge >= 0.3 is 0 Å². The van der Waals surface area contributed by atoms with Crippen LogP contribution in [0.25, 0.3) is 0 Å². The largest absolute Gasteiger partial charge is 0.298 e. The maximum atomic E-state index is 10.6. The third kappa shape index (κ3) is 3.91. The summed E-state index contributed by atoms with van der Waals surface area (Å²) in [7, 11) is 0. The highest BCUT2D eigenvalue weighted by Gasteiger charge is 2.11. The number of hydrogen-bond acceptors (Lipinski definition) is 1. The zero-order valence-corrected chi connectivity index (χ0v) is 9.25. The molecule has 0 aliphatic heterocycles. The molecule has 1 unspecified atom stereocenters. The molecule has 1 rings (SSSR count). The molecule has 0 radical (unpaired) electrons. The van der Waals surface area contributed by atoms with E-state index in [9.17, 15) is 4.79 Å². The maximum Gasteiger partial charge on any atom is 0.145 e. The summed E-state index contributed by atoms with van der Waals surface area (Å²) in [5.74, 6) is 0.638. The van der Waals surface area contributed by atoms with E-state index in [4.69, 9.17) is 0 Å². The lowest BCUT2D eigenvalue weighted by atomic mass is 9.88. The molecular formula is C13H20O. The molecule has 0 fully saturated rings. The van der Waals surface area contributed by atoms with E-state index >= 15 is 0 Å².